The number of rotatable bonds is 6. The van der Waals surface area contributed by atoms with Crippen molar-refractivity contribution in [3.8, 4) is 0 Å². The fourth-order valence-corrected chi connectivity index (χ4v) is 8.76. The molecule has 3 aromatic carbocycles. The standard InChI is InChI=1S/C26H30O2P/c1-5-24(25(27)28-26(2,3)4)29(21-15-9-6-10-16-21,22-17-11-7-12-18-22)23-19-13-8-14-20-23/h6-20,24H,5H2,1-4H3/q+1. The maximum atomic E-state index is 13.6. The van der Waals surface area contributed by atoms with Gasteiger partial charge in [-0.05, 0) is 63.6 Å². The van der Waals surface area contributed by atoms with Crippen molar-refractivity contribution < 1.29 is 9.53 Å². The minimum Gasteiger partial charge on any atom is -0.457 e. The van der Waals surface area contributed by atoms with Gasteiger partial charge in [0.1, 0.15) is 28.8 Å². The van der Waals surface area contributed by atoms with E-state index >= 15 is 0 Å². The summed E-state index contributed by atoms with van der Waals surface area (Å²) >= 11 is 0. The van der Waals surface area contributed by atoms with Crippen LogP contribution in [0.4, 0.5) is 0 Å². The third kappa shape index (κ3) is 4.43. The van der Waals surface area contributed by atoms with Crippen LogP contribution in [0.25, 0.3) is 0 Å². The summed E-state index contributed by atoms with van der Waals surface area (Å²) in [5, 5.41) is 3.61. The summed E-state index contributed by atoms with van der Waals surface area (Å²) in [5.41, 5.74) is -0.779. The van der Waals surface area contributed by atoms with E-state index in [1.807, 2.05) is 39.0 Å². The maximum absolute atomic E-state index is 13.6. The van der Waals surface area contributed by atoms with Crippen LogP contribution in [0.3, 0.4) is 0 Å². The lowest BCUT2D eigenvalue weighted by Crippen LogP contribution is -2.44. The molecule has 0 saturated heterocycles. The second kappa shape index (κ2) is 8.93. The molecule has 150 valence electrons. The smallest absolute Gasteiger partial charge is 0.348 e. The molecule has 2 nitrogen and oxygen atoms in total. The zero-order valence-electron chi connectivity index (χ0n) is 17.7. The molecule has 0 fully saturated rings. The molecule has 1 unspecified atom stereocenters. The highest BCUT2D eigenvalue weighted by molar-refractivity contribution is 7.96. The molecule has 0 saturated carbocycles. The van der Waals surface area contributed by atoms with Crippen molar-refractivity contribution >= 4 is 29.1 Å². The van der Waals surface area contributed by atoms with Crippen LogP contribution in [-0.2, 0) is 9.53 Å². The molecule has 3 aromatic rings. The fourth-order valence-electron chi connectivity index (χ4n) is 3.94. The Morgan fingerprint density at radius 3 is 1.38 bits per heavy atom. The van der Waals surface area contributed by atoms with Gasteiger partial charge in [-0.3, -0.25) is 0 Å². The van der Waals surface area contributed by atoms with Crippen molar-refractivity contribution in [3.05, 3.63) is 91.0 Å². The summed E-state index contributed by atoms with van der Waals surface area (Å²) in [6, 6.07) is 31.5. The Hall–Kier alpha value is -2.44. The van der Waals surface area contributed by atoms with E-state index in [0.29, 0.717) is 6.42 Å². The van der Waals surface area contributed by atoms with Gasteiger partial charge in [-0.2, -0.15) is 0 Å². The SMILES string of the molecule is CCC(C(=O)OC(C)(C)C)[P+](c1ccccc1)(c1ccccc1)c1ccccc1. The first kappa shape index (κ1) is 21.3. The van der Waals surface area contributed by atoms with Gasteiger partial charge in [-0.25, -0.2) is 4.79 Å². The fraction of sp³-hybridized carbons (Fsp3) is 0.269. The van der Waals surface area contributed by atoms with Gasteiger partial charge in [-0.1, -0.05) is 61.5 Å². The van der Waals surface area contributed by atoms with E-state index in [-0.39, 0.29) is 11.6 Å². The minimum atomic E-state index is -2.28. The molecule has 0 spiro atoms. The van der Waals surface area contributed by atoms with Crippen LogP contribution in [0.1, 0.15) is 34.1 Å². The first-order valence-electron chi connectivity index (χ1n) is 10.2. The normalized spacial score (nSPS) is 13.0. The molecule has 0 aromatic heterocycles. The van der Waals surface area contributed by atoms with E-state index in [9.17, 15) is 4.79 Å². The Balaban J connectivity index is 2.34. The molecule has 0 amide bonds. The van der Waals surface area contributed by atoms with Crippen molar-refractivity contribution in [2.45, 2.75) is 45.4 Å². The monoisotopic (exact) mass is 405 g/mol. The number of carbonyl (C=O) groups is 1. The Bertz CT molecular complexity index is 819. The molecule has 0 N–H and O–H groups in total. The van der Waals surface area contributed by atoms with Crippen LogP contribution in [0.5, 0.6) is 0 Å². The Labute approximate surface area is 175 Å². The summed E-state index contributed by atoms with van der Waals surface area (Å²) in [6.45, 7) is 7.90. The molecular formula is C26H30O2P+. The molecule has 3 rings (SSSR count). The van der Waals surface area contributed by atoms with Gasteiger partial charge < -0.3 is 4.74 Å². The summed E-state index contributed by atoms with van der Waals surface area (Å²) < 4.78 is 5.95. The summed E-state index contributed by atoms with van der Waals surface area (Å²) in [4.78, 5) is 13.6. The summed E-state index contributed by atoms with van der Waals surface area (Å²) in [7, 11) is -2.28. The van der Waals surface area contributed by atoms with Gasteiger partial charge in [0.15, 0.2) is 5.66 Å². The molecule has 1 atom stereocenters. The highest BCUT2D eigenvalue weighted by atomic mass is 31.2. The predicted molar refractivity (Wildman–Crippen MR) is 125 cm³/mol. The van der Waals surface area contributed by atoms with Gasteiger partial charge in [0.05, 0.1) is 0 Å². The molecule has 0 radical (unpaired) electrons. The number of hydrogen-bond acceptors (Lipinski definition) is 2. The van der Waals surface area contributed by atoms with Crippen LogP contribution in [-0.4, -0.2) is 17.2 Å². The quantitative estimate of drug-likeness (QED) is 0.421. The van der Waals surface area contributed by atoms with E-state index in [1.165, 1.54) is 15.9 Å². The highest BCUT2D eigenvalue weighted by Crippen LogP contribution is 2.61. The third-order valence-electron chi connectivity index (χ3n) is 5.02. The predicted octanol–water partition coefficient (Wildman–Crippen LogP) is 5.10. The van der Waals surface area contributed by atoms with Crippen LogP contribution in [0.15, 0.2) is 91.0 Å². The van der Waals surface area contributed by atoms with Gasteiger partial charge >= 0.3 is 5.97 Å². The summed E-state index contributed by atoms with van der Waals surface area (Å²) in [5.74, 6) is -0.120. The molecular weight excluding hydrogens is 375 g/mol. The molecule has 3 heteroatoms. The largest absolute Gasteiger partial charge is 0.457 e. The summed E-state index contributed by atoms with van der Waals surface area (Å²) in [6.07, 6.45) is 0.710. The van der Waals surface area contributed by atoms with Crippen LogP contribution >= 0.6 is 7.26 Å². The number of ether oxygens (including phenoxy) is 1. The number of carbonyl (C=O) groups excluding carboxylic acids is 1. The van der Waals surface area contributed by atoms with Crippen molar-refractivity contribution in [1.29, 1.82) is 0 Å². The van der Waals surface area contributed by atoms with Crippen LogP contribution in [0, 0.1) is 0 Å². The Morgan fingerprint density at radius 2 is 1.10 bits per heavy atom. The van der Waals surface area contributed by atoms with Gasteiger partial charge in [0.2, 0.25) is 0 Å². The first-order chi connectivity index (χ1) is 13.9. The van der Waals surface area contributed by atoms with E-state index in [4.69, 9.17) is 4.74 Å². The second-order valence-corrected chi connectivity index (χ2v) is 11.8. The minimum absolute atomic E-state index is 0.120. The van der Waals surface area contributed by atoms with Gasteiger partial charge in [0.25, 0.3) is 0 Å². The lowest BCUT2D eigenvalue weighted by Gasteiger charge is -2.34. The molecule has 0 bridgehead atoms. The topological polar surface area (TPSA) is 26.3 Å². The lowest BCUT2D eigenvalue weighted by atomic mass is 10.2. The van der Waals surface area contributed by atoms with Gasteiger partial charge in [-0.15, -0.1) is 0 Å². The van der Waals surface area contributed by atoms with E-state index in [1.54, 1.807) is 0 Å². The number of benzene rings is 3. The third-order valence-corrected chi connectivity index (χ3v) is 9.87. The molecule has 0 aliphatic heterocycles. The molecule has 29 heavy (non-hydrogen) atoms. The Morgan fingerprint density at radius 1 is 0.759 bits per heavy atom. The van der Waals surface area contributed by atoms with E-state index in [2.05, 4.69) is 79.7 Å². The van der Waals surface area contributed by atoms with Crippen LogP contribution < -0.4 is 15.9 Å². The zero-order valence-corrected chi connectivity index (χ0v) is 18.6. The van der Waals surface area contributed by atoms with Crippen molar-refractivity contribution in [2.75, 3.05) is 0 Å². The Kier molecular flexibility index (Phi) is 6.55. The van der Waals surface area contributed by atoms with Crippen molar-refractivity contribution in [3.63, 3.8) is 0 Å². The highest BCUT2D eigenvalue weighted by Gasteiger charge is 2.56. The maximum Gasteiger partial charge on any atom is 0.348 e. The van der Waals surface area contributed by atoms with E-state index < -0.39 is 12.9 Å². The van der Waals surface area contributed by atoms with Gasteiger partial charge in [0, 0.05) is 0 Å². The average molecular weight is 405 g/mol. The lowest BCUT2D eigenvalue weighted by molar-refractivity contribution is -0.154. The number of esters is 1. The average Bonchev–Trinajstić information content (AvgIpc) is 2.72. The zero-order chi connectivity index (χ0) is 20.9. The first-order valence-corrected chi connectivity index (χ1v) is 12.0. The van der Waals surface area contributed by atoms with Crippen LogP contribution in [0.2, 0.25) is 0 Å². The van der Waals surface area contributed by atoms with Crippen molar-refractivity contribution in [2.24, 2.45) is 0 Å². The molecule has 0 aliphatic rings. The second-order valence-electron chi connectivity index (χ2n) is 8.19. The molecule has 0 aliphatic carbocycles. The van der Waals surface area contributed by atoms with E-state index in [0.717, 1.165) is 0 Å². The van der Waals surface area contributed by atoms with Crippen molar-refractivity contribution in [1.82, 2.24) is 0 Å². The molecule has 0 heterocycles. The number of hydrogen-bond donors (Lipinski definition) is 0.